The molecule has 0 aliphatic heterocycles. The van der Waals surface area contributed by atoms with Crippen LogP contribution in [0.15, 0.2) is 11.6 Å². The summed E-state index contributed by atoms with van der Waals surface area (Å²) in [4.78, 5) is 12.6. The summed E-state index contributed by atoms with van der Waals surface area (Å²) in [5.41, 5.74) is 2.32. The van der Waals surface area contributed by atoms with E-state index in [-0.39, 0.29) is 11.3 Å². The highest BCUT2D eigenvalue weighted by atomic mass is 79.9. The van der Waals surface area contributed by atoms with Gasteiger partial charge in [-0.05, 0) is 99.6 Å². The number of Topliss-reactive ketones (excluding diaryl/α,β-unsaturated/α-hetero) is 1. The molecule has 0 spiro atoms. The zero-order valence-electron chi connectivity index (χ0n) is 18.5. The third-order valence-corrected chi connectivity index (χ3v) is 10.7. The van der Waals surface area contributed by atoms with E-state index in [0.29, 0.717) is 22.6 Å². The Kier molecular flexibility index (Phi) is 5.58. The molecule has 4 aliphatic carbocycles. The van der Waals surface area contributed by atoms with E-state index in [1.165, 1.54) is 38.5 Å². The van der Waals surface area contributed by atoms with Crippen LogP contribution in [0.3, 0.4) is 0 Å². The fraction of sp³-hybridized carbons (Fsp3) is 0.875. The average Bonchev–Trinajstić information content (AvgIpc) is 2.97. The molecule has 0 amide bonds. The Balaban J connectivity index is 1.56. The van der Waals surface area contributed by atoms with Crippen molar-refractivity contribution in [1.29, 1.82) is 0 Å². The molecular formula is C24H39BrO2Si. The van der Waals surface area contributed by atoms with Crippen LogP contribution in [0.25, 0.3) is 0 Å². The smallest absolute Gasteiger partial charge is 0.184 e. The first-order valence-electron chi connectivity index (χ1n) is 11.5. The van der Waals surface area contributed by atoms with Crippen molar-refractivity contribution >= 4 is 30.0 Å². The normalized spacial score (nSPS) is 45.6. The summed E-state index contributed by atoms with van der Waals surface area (Å²) in [5.74, 6) is 3.08. The Bertz CT molecular complexity index is 668. The maximum atomic E-state index is 12.6. The number of carbonyl (C=O) groups is 1. The predicted octanol–water partition coefficient (Wildman–Crippen LogP) is 6.75. The molecule has 4 rings (SSSR count). The Hall–Kier alpha value is 0.0669. The molecule has 0 bridgehead atoms. The number of fused-ring (bicyclic) bond motifs is 5. The summed E-state index contributed by atoms with van der Waals surface area (Å²) in [7, 11) is -1.47. The second-order valence-corrected chi connectivity index (χ2v) is 16.6. The minimum atomic E-state index is -1.47. The lowest BCUT2D eigenvalue weighted by molar-refractivity contribution is -0.126. The molecule has 0 saturated heterocycles. The molecule has 3 fully saturated rings. The van der Waals surface area contributed by atoms with Gasteiger partial charge in [-0.15, -0.1) is 0 Å². The number of halogens is 1. The molecule has 4 unspecified atom stereocenters. The van der Waals surface area contributed by atoms with Crippen molar-refractivity contribution in [3.63, 3.8) is 0 Å². The summed E-state index contributed by atoms with van der Waals surface area (Å²) in [6.07, 6.45) is 12.9. The minimum absolute atomic E-state index is 0.242. The van der Waals surface area contributed by atoms with Gasteiger partial charge in [-0.2, -0.15) is 0 Å². The number of carbonyl (C=O) groups excluding carboxylic acids is 1. The molecule has 4 heteroatoms. The summed E-state index contributed by atoms with van der Waals surface area (Å²) in [6, 6.07) is 0. The number of hydrogen-bond donors (Lipinski definition) is 0. The van der Waals surface area contributed by atoms with Gasteiger partial charge in [0, 0.05) is 12.0 Å². The van der Waals surface area contributed by atoms with Crippen molar-refractivity contribution in [2.24, 2.45) is 34.5 Å². The molecule has 4 aliphatic rings. The highest BCUT2D eigenvalue weighted by Gasteiger charge is 2.59. The lowest BCUT2D eigenvalue weighted by Gasteiger charge is -2.58. The van der Waals surface area contributed by atoms with E-state index in [1.54, 1.807) is 5.57 Å². The molecule has 28 heavy (non-hydrogen) atoms. The third kappa shape index (κ3) is 3.43. The molecule has 0 aromatic carbocycles. The highest BCUT2D eigenvalue weighted by Crippen LogP contribution is 2.66. The molecule has 0 N–H and O–H groups in total. The standard InChI is InChI=1S/C24H39BrO2Si/c1-23-12-10-17(27-28(3,4)5)14-16(23)6-7-18-19-8-9-21(22(26)15-25)24(19,2)13-11-20(18)23/h6,17-21H,7-15H2,1-5H3/t17?,18?,19?,20?,21-,23+,24+/m1/s1. The Morgan fingerprint density at radius 2 is 1.89 bits per heavy atom. The van der Waals surface area contributed by atoms with Crippen molar-refractivity contribution in [1.82, 2.24) is 0 Å². The molecule has 0 aromatic rings. The zero-order chi connectivity index (χ0) is 20.3. The second kappa shape index (κ2) is 7.34. The predicted molar refractivity (Wildman–Crippen MR) is 122 cm³/mol. The fourth-order valence-corrected chi connectivity index (χ4v) is 9.44. The van der Waals surface area contributed by atoms with E-state index in [2.05, 4.69) is 55.5 Å². The maximum Gasteiger partial charge on any atom is 0.184 e. The average molecular weight is 468 g/mol. The lowest BCUT2D eigenvalue weighted by Crippen LogP contribution is -2.51. The van der Waals surface area contributed by atoms with Crippen LogP contribution >= 0.6 is 15.9 Å². The van der Waals surface area contributed by atoms with Crippen LogP contribution in [-0.4, -0.2) is 25.5 Å². The van der Waals surface area contributed by atoms with Gasteiger partial charge < -0.3 is 4.43 Å². The monoisotopic (exact) mass is 466 g/mol. The van der Waals surface area contributed by atoms with Gasteiger partial charge in [0.25, 0.3) is 0 Å². The van der Waals surface area contributed by atoms with Crippen LogP contribution in [0.4, 0.5) is 0 Å². The summed E-state index contributed by atoms with van der Waals surface area (Å²) in [5, 5.41) is 0.536. The third-order valence-electron chi connectivity index (χ3n) is 9.10. The molecule has 2 nitrogen and oxygen atoms in total. The van der Waals surface area contributed by atoms with E-state index in [4.69, 9.17) is 4.43 Å². The van der Waals surface area contributed by atoms with E-state index >= 15 is 0 Å². The van der Waals surface area contributed by atoms with Crippen molar-refractivity contribution in [2.75, 3.05) is 5.33 Å². The minimum Gasteiger partial charge on any atom is -0.414 e. The number of alkyl halides is 1. The van der Waals surface area contributed by atoms with E-state index in [0.717, 1.165) is 30.6 Å². The SMILES string of the molecule is C[C@]12CCC(O[Si](C)(C)C)CC1=CCC1C2CC[C@@]2(C)C1CC[C@@H]2C(=O)CBr. The first-order valence-corrected chi connectivity index (χ1v) is 16.1. The van der Waals surface area contributed by atoms with Crippen LogP contribution in [0.1, 0.15) is 65.2 Å². The van der Waals surface area contributed by atoms with Crippen LogP contribution in [-0.2, 0) is 9.22 Å². The molecule has 0 radical (unpaired) electrons. The van der Waals surface area contributed by atoms with Gasteiger partial charge in [0.05, 0.1) is 5.33 Å². The quantitative estimate of drug-likeness (QED) is 0.260. The van der Waals surface area contributed by atoms with Crippen molar-refractivity contribution in [3.8, 4) is 0 Å². The summed E-state index contributed by atoms with van der Waals surface area (Å²) < 4.78 is 6.50. The van der Waals surface area contributed by atoms with E-state index in [9.17, 15) is 4.79 Å². The molecule has 3 saturated carbocycles. The topological polar surface area (TPSA) is 26.3 Å². The number of allylic oxidation sites excluding steroid dienone is 1. The van der Waals surface area contributed by atoms with Gasteiger partial charge in [-0.25, -0.2) is 0 Å². The first kappa shape index (κ1) is 21.3. The zero-order valence-corrected chi connectivity index (χ0v) is 21.1. The van der Waals surface area contributed by atoms with Crippen molar-refractivity contribution < 1.29 is 9.22 Å². The largest absolute Gasteiger partial charge is 0.414 e. The number of ketones is 1. The van der Waals surface area contributed by atoms with Crippen molar-refractivity contribution in [2.45, 2.75) is 91.0 Å². The summed E-state index contributed by atoms with van der Waals surface area (Å²) in [6.45, 7) is 12.0. The molecule has 158 valence electrons. The van der Waals surface area contributed by atoms with Gasteiger partial charge in [-0.1, -0.05) is 41.4 Å². The summed E-state index contributed by atoms with van der Waals surface area (Å²) >= 11 is 3.45. The van der Waals surface area contributed by atoms with E-state index < -0.39 is 8.32 Å². The number of rotatable bonds is 4. The van der Waals surface area contributed by atoms with Crippen LogP contribution in [0.5, 0.6) is 0 Å². The maximum absolute atomic E-state index is 12.6. The van der Waals surface area contributed by atoms with Crippen LogP contribution in [0, 0.1) is 34.5 Å². The van der Waals surface area contributed by atoms with Crippen LogP contribution in [0.2, 0.25) is 19.6 Å². The van der Waals surface area contributed by atoms with Gasteiger partial charge in [0.2, 0.25) is 0 Å². The molecule has 0 aromatic heterocycles. The Morgan fingerprint density at radius 3 is 2.57 bits per heavy atom. The van der Waals surface area contributed by atoms with Gasteiger partial charge in [0.15, 0.2) is 8.32 Å². The Labute approximate surface area is 181 Å². The highest BCUT2D eigenvalue weighted by molar-refractivity contribution is 9.09. The molecular weight excluding hydrogens is 428 g/mol. The van der Waals surface area contributed by atoms with Gasteiger partial charge >= 0.3 is 0 Å². The van der Waals surface area contributed by atoms with E-state index in [1.807, 2.05) is 0 Å². The van der Waals surface area contributed by atoms with Gasteiger partial charge in [0.1, 0.15) is 5.78 Å². The first-order chi connectivity index (χ1) is 13.1. The second-order valence-electron chi connectivity index (χ2n) is 11.6. The van der Waals surface area contributed by atoms with Crippen molar-refractivity contribution in [3.05, 3.63) is 11.6 Å². The molecule has 7 atom stereocenters. The van der Waals surface area contributed by atoms with Crippen LogP contribution < -0.4 is 0 Å². The number of hydrogen-bond acceptors (Lipinski definition) is 2. The lowest BCUT2D eigenvalue weighted by atomic mass is 9.47. The Morgan fingerprint density at radius 1 is 1.14 bits per heavy atom. The fourth-order valence-electron chi connectivity index (χ4n) is 7.85. The molecule has 0 heterocycles. The van der Waals surface area contributed by atoms with Gasteiger partial charge in [-0.3, -0.25) is 4.79 Å².